The second-order valence-electron chi connectivity index (χ2n) is 7.79. The van der Waals surface area contributed by atoms with Crippen LogP contribution in [0.1, 0.15) is 57.9 Å². The molecule has 0 saturated heterocycles. The van der Waals surface area contributed by atoms with E-state index in [4.69, 9.17) is 33.7 Å². The molecule has 0 spiro atoms. The monoisotopic (exact) mass is 414 g/mol. The summed E-state index contributed by atoms with van der Waals surface area (Å²) < 4.78 is 5.88. The van der Waals surface area contributed by atoms with Gasteiger partial charge >= 0.3 is 0 Å². The summed E-state index contributed by atoms with van der Waals surface area (Å²) in [6.07, 6.45) is 7.06. The molecule has 1 unspecified atom stereocenters. The highest BCUT2D eigenvalue weighted by Crippen LogP contribution is 2.28. The van der Waals surface area contributed by atoms with E-state index in [1.165, 1.54) is 32.1 Å². The predicted molar refractivity (Wildman–Crippen MR) is 112 cm³/mol. The molecule has 1 fully saturated rings. The normalized spacial score (nSPS) is 17.7. The Bertz CT molecular complexity index is 604. The van der Waals surface area contributed by atoms with Gasteiger partial charge in [0.1, 0.15) is 0 Å². The third-order valence-corrected chi connectivity index (χ3v) is 5.69. The van der Waals surface area contributed by atoms with Crippen molar-refractivity contribution >= 4 is 29.1 Å². The minimum absolute atomic E-state index is 0.0520. The fourth-order valence-corrected chi connectivity index (χ4v) is 4.23. The van der Waals surface area contributed by atoms with Crippen molar-refractivity contribution in [3.8, 4) is 0 Å². The van der Waals surface area contributed by atoms with Crippen molar-refractivity contribution in [2.24, 2.45) is 11.7 Å². The number of amides is 1. The van der Waals surface area contributed by atoms with E-state index >= 15 is 0 Å². The van der Waals surface area contributed by atoms with E-state index < -0.39 is 6.10 Å². The van der Waals surface area contributed by atoms with Crippen LogP contribution in [0.25, 0.3) is 0 Å². The van der Waals surface area contributed by atoms with Crippen LogP contribution < -0.4 is 11.1 Å². The zero-order valence-corrected chi connectivity index (χ0v) is 17.9. The molecule has 3 N–H and O–H groups in total. The number of hydrogen-bond donors (Lipinski definition) is 2. The lowest BCUT2D eigenvalue weighted by Crippen LogP contribution is -2.50. The first-order chi connectivity index (χ1) is 12.9. The molecule has 0 radical (unpaired) electrons. The molecule has 1 aliphatic rings. The maximum atomic E-state index is 12.7. The van der Waals surface area contributed by atoms with Crippen LogP contribution >= 0.6 is 23.2 Å². The summed E-state index contributed by atoms with van der Waals surface area (Å²) in [5.41, 5.74) is 7.35. The second kappa shape index (κ2) is 11.3. The minimum Gasteiger partial charge on any atom is -0.364 e. The Labute approximate surface area is 173 Å². The minimum atomic E-state index is -0.618. The smallest absolute Gasteiger partial charge is 0.250 e. The number of rotatable bonds is 9. The summed E-state index contributed by atoms with van der Waals surface area (Å²) in [6.45, 7) is 4.34. The lowest BCUT2D eigenvalue weighted by molar-refractivity contribution is -0.137. The van der Waals surface area contributed by atoms with Gasteiger partial charge in [0.05, 0.1) is 6.10 Å². The molecule has 1 amide bonds. The zero-order valence-electron chi connectivity index (χ0n) is 16.3. The molecule has 27 heavy (non-hydrogen) atoms. The van der Waals surface area contributed by atoms with Gasteiger partial charge < -0.3 is 15.8 Å². The maximum Gasteiger partial charge on any atom is 0.250 e. The third-order valence-electron chi connectivity index (χ3n) is 5.10. The van der Waals surface area contributed by atoms with Gasteiger partial charge in [-0.25, -0.2) is 0 Å². The Morgan fingerprint density at radius 1 is 1.26 bits per heavy atom. The van der Waals surface area contributed by atoms with E-state index in [1.54, 1.807) is 12.1 Å². The summed E-state index contributed by atoms with van der Waals surface area (Å²) in [4.78, 5) is 12.7. The van der Waals surface area contributed by atoms with Crippen molar-refractivity contribution in [1.82, 2.24) is 5.32 Å². The number of ether oxygens (including phenoxy) is 1. The molecule has 0 aromatic heterocycles. The topological polar surface area (TPSA) is 64.3 Å². The van der Waals surface area contributed by atoms with Crippen LogP contribution in [0.2, 0.25) is 10.0 Å². The summed E-state index contributed by atoms with van der Waals surface area (Å²) in [5.74, 6) is 0.463. The van der Waals surface area contributed by atoms with Gasteiger partial charge in [-0.2, -0.15) is 0 Å². The summed E-state index contributed by atoms with van der Waals surface area (Å²) >= 11 is 12.1. The summed E-state index contributed by atoms with van der Waals surface area (Å²) in [5, 5.41) is 4.18. The molecule has 1 aromatic rings. The van der Waals surface area contributed by atoms with Gasteiger partial charge in [-0.05, 0) is 50.3 Å². The van der Waals surface area contributed by atoms with E-state index in [9.17, 15) is 4.79 Å². The highest BCUT2D eigenvalue weighted by Gasteiger charge is 2.29. The first-order valence-electron chi connectivity index (χ1n) is 9.99. The van der Waals surface area contributed by atoms with E-state index in [1.807, 2.05) is 19.9 Å². The average Bonchev–Trinajstić information content (AvgIpc) is 2.62. The van der Waals surface area contributed by atoms with Crippen LogP contribution in [0, 0.1) is 5.92 Å². The van der Waals surface area contributed by atoms with Crippen molar-refractivity contribution in [2.45, 2.75) is 77.0 Å². The predicted octanol–water partition coefficient (Wildman–Crippen LogP) is 4.74. The standard InChI is InChI=1S/C21H32Cl2N2O2/c1-14(2)27-20(19(24)12-15-6-4-3-5-7-15)21(26)25-11-10-16-8-9-17(22)13-18(16)23/h8-9,13-15,19-20H,3-7,10-12,24H2,1-2H3,(H,25,26)/t19-,20?/m1/s1. The molecule has 2 rings (SSSR count). The molecule has 2 atom stereocenters. The van der Waals surface area contributed by atoms with Gasteiger partial charge in [0.2, 0.25) is 0 Å². The van der Waals surface area contributed by atoms with Crippen molar-refractivity contribution in [3.05, 3.63) is 33.8 Å². The van der Waals surface area contributed by atoms with Gasteiger partial charge in [-0.15, -0.1) is 0 Å². The van der Waals surface area contributed by atoms with Crippen LogP contribution in [-0.4, -0.2) is 30.7 Å². The molecular formula is C21H32Cl2N2O2. The van der Waals surface area contributed by atoms with Gasteiger partial charge in [-0.1, -0.05) is 61.4 Å². The van der Waals surface area contributed by atoms with Crippen LogP contribution in [0.5, 0.6) is 0 Å². The number of carbonyl (C=O) groups is 1. The number of nitrogens with two attached hydrogens (primary N) is 1. The first-order valence-corrected chi connectivity index (χ1v) is 10.7. The Kier molecular flexibility index (Phi) is 9.37. The molecular weight excluding hydrogens is 383 g/mol. The third kappa shape index (κ3) is 7.61. The molecule has 1 aliphatic carbocycles. The van der Waals surface area contributed by atoms with Crippen LogP contribution in [0.4, 0.5) is 0 Å². The largest absolute Gasteiger partial charge is 0.364 e. The molecule has 6 heteroatoms. The number of benzene rings is 1. The van der Waals surface area contributed by atoms with Crippen molar-refractivity contribution < 1.29 is 9.53 Å². The average molecular weight is 415 g/mol. The van der Waals surface area contributed by atoms with Crippen LogP contribution in [0.3, 0.4) is 0 Å². The Balaban J connectivity index is 1.88. The first kappa shape index (κ1) is 22.5. The fraction of sp³-hybridized carbons (Fsp3) is 0.667. The Morgan fingerprint density at radius 2 is 1.96 bits per heavy atom. The molecule has 1 saturated carbocycles. The highest BCUT2D eigenvalue weighted by atomic mass is 35.5. The van der Waals surface area contributed by atoms with Gasteiger partial charge in [0.25, 0.3) is 5.91 Å². The number of hydrogen-bond acceptors (Lipinski definition) is 3. The zero-order chi connectivity index (χ0) is 19.8. The number of carbonyl (C=O) groups excluding carboxylic acids is 1. The van der Waals surface area contributed by atoms with E-state index in [-0.39, 0.29) is 18.1 Å². The van der Waals surface area contributed by atoms with E-state index in [2.05, 4.69) is 5.32 Å². The van der Waals surface area contributed by atoms with E-state index in [0.29, 0.717) is 28.9 Å². The second-order valence-corrected chi connectivity index (χ2v) is 8.63. The van der Waals surface area contributed by atoms with Gasteiger partial charge in [0, 0.05) is 22.6 Å². The number of nitrogens with one attached hydrogen (secondary N) is 1. The molecule has 4 nitrogen and oxygen atoms in total. The lowest BCUT2D eigenvalue weighted by Gasteiger charge is -2.30. The quantitative estimate of drug-likeness (QED) is 0.612. The SMILES string of the molecule is CC(C)OC(C(=O)NCCc1ccc(Cl)cc1Cl)[C@H](N)CC1CCCCC1. The lowest BCUT2D eigenvalue weighted by atomic mass is 9.84. The highest BCUT2D eigenvalue weighted by molar-refractivity contribution is 6.35. The van der Waals surface area contributed by atoms with Crippen molar-refractivity contribution in [2.75, 3.05) is 6.54 Å². The molecule has 0 heterocycles. The molecule has 0 bridgehead atoms. The summed E-state index contributed by atoms with van der Waals surface area (Å²) in [7, 11) is 0. The molecule has 152 valence electrons. The van der Waals surface area contributed by atoms with Crippen molar-refractivity contribution in [3.63, 3.8) is 0 Å². The molecule has 0 aliphatic heterocycles. The van der Waals surface area contributed by atoms with Crippen molar-refractivity contribution in [1.29, 1.82) is 0 Å². The maximum absolute atomic E-state index is 12.7. The van der Waals surface area contributed by atoms with Crippen LogP contribution in [0.15, 0.2) is 18.2 Å². The van der Waals surface area contributed by atoms with Crippen LogP contribution in [-0.2, 0) is 16.0 Å². The Hall–Kier alpha value is -0.810. The van der Waals surface area contributed by atoms with Gasteiger partial charge in [0.15, 0.2) is 6.10 Å². The Morgan fingerprint density at radius 3 is 2.59 bits per heavy atom. The fourth-order valence-electron chi connectivity index (χ4n) is 3.73. The van der Waals surface area contributed by atoms with Gasteiger partial charge in [-0.3, -0.25) is 4.79 Å². The molecule has 1 aromatic carbocycles. The number of halogens is 2. The van der Waals surface area contributed by atoms with E-state index in [0.717, 1.165) is 12.0 Å². The summed E-state index contributed by atoms with van der Waals surface area (Å²) in [6, 6.07) is 5.11.